The third-order valence-corrected chi connectivity index (χ3v) is 5.56. The number of sulfonamides is 1. The maximum atomic E-state index is 12.9. The number of rotatable bonds is 5. The van der Waals surface area contributed by atoms with Crippen molar-refractivity contribution in [2.24, 2.45) is 0 Å². The van der Waals surface area contributed by atoms with Gasteiger partial charge in [0.25, 0.3) is 0 Å². The first-order chi connectivity index (χ1) is 11.6. The summed E-state index contributed by atoms with van der Waals surface area (Å²) in [6.45, 7) is 1.35. The fraction of sp³-hybridized carbons (Fsp3) is 0.278. The molecule has 1 unspecified atom stereocenters. The maximum Gasteiger partial charge on any atom is 0.245 e. The Bertz CT molecular complexity index is 786. The topological polar surface area (TPSA) is 66.5 Å². The van der Waals surface area contributed by atoms with Gasteiger partial charge in [-0.15, -0.1) is 0 Å². The molecule has 1 N–H and O–H groups in total. The van der Waals surface area contributed by atoms with E-state index in [0.717, 1.165) is 12.8 Å². The molecule has 5 nitrogen and oxygen atoms in total. The summed E-state index contributed by atoms with van der Waals surface area (Å²) in [5, 5.41) is 0. The fourth-order valence-corrected chi connectivity index (χ4v) is 4.05. The largest absolute Gasteiger partial charge is 0.341 e. The summed E-state index contributed by atoms with van der Waals surface area (Å²) in [5.74, 6) is -0.196. The lowest BCUT2D eigenvalue weighted by Crippen LogP contribution is -2.41. The zero-order valence-electron chi connectivity index (χ0n) is 13.3. The smallest absolute Gasteiger partial charge is 0.245 e. The highest BCUT2D eigenvalue weighted by Gasteiger charge is 2.31. The van der Waals surface area contributed by atoms with Gasteiger partial charge in [0.05, 0.1) is 4.90 Å². The highest BCUT2D eigenvalue weighted by molar-refractivity contribution is 7.89. The maximum absolute atomic E-state index is 12.9. The Morgan fingerprint density at radius 2 is 1.46 bits per heavy atom. The third-order valence-electron chi connectivity index (χ3n) is 4.12. The first kappa shape index (κ1) is 16.7. The number of carbonyl (C=O) groups excluding carboxylic acids is 1. The van der Waals surface area contributed by atoms with E-state index in [-0.39, 0.29) is 10.8 Å². The molecule has 2 aromatic carbocycles. The van der Waals surface area contributed by atoms with Crippen LogP contribution in [0.2, 0.25) is 0 Å². The number of nitrogens with zero attached hydrogens (tertiary/aromatic N) is 1. The van der Waals surface area contributed by atoms with Crippen molar-refractivity contribution >= 4 is 15.9 Å². The standard InChI is InChI=1S/C18H20N2O3S/c21-18(20-13-7-8-14-20)17(15-9-3-1-4-10-15)19-24(22,23)16-11-5-2-6-12-16/h1-6,9-12,17,19H,7-8,13-14H2. The highest BCUT2D eigenvalue weighted by atomic mass is 32.2. The minimum Gasteiger partial charge on any atom is -0.341 e. The molecule has 0 aromatic heterocycles. The van der Waals surface area contributed by atoms with Crippen LogP contribution in [-0.4, -0.2) is 32.3 Å². The minimum atomic E-state index is -3.78. The van der Waals surface area contributed by atoms with Crippen molar-refractivity contribution in [3.8, 4) is 0 Å². The number of nitrogens with one attached hydrogen (secondary N) is 1. The summed E-state index contributed by atoms with van der Waals surface area (Å²) in [4.78, 5) is 14.7. The molecule has 1 saturated heterocycles. The SMILES string of the molecule is O=C(C(NS(=O)(=O)c1ccccc1)c1ccccc1)N1CCCC1. The van der Waals surface area contributed by atoms with Gasteiger partial charge < -0.3 is 4.90 Å². The van der Waals surface area contributed by atoms with Gasteiger partial charge in [-0.1, -0.05) is 48.5 Å². The highest BCUT2D eigenvalue weighted by Crippen LogP contribution is 2.22. The van der Waals surface area contributed by atoms with Crippen LogP contribution < -0.4 is 4.72 Å². The van der Waals surface area contributed by atoms with E-state index in [2.05, 4.69) is 4.72 Å². The number of benzene rings is 2. The van der Waals surface area contributed by atoms with E-state index < -0.39 is 16.1 Å². The molecule has 2 aromatic rings. The Morgan fingerprint density at radius 3 is 2.04 bits per heavy atom. The molecule has 0 saturated carbocycles. The van der Waals surface area contributed by atoms with E-state index in [0.29, 0.717) is 18.7 Å². The van der Waals surface area contributed by atoms with Gasteiger partial charge in [-0.25, -0.2) is 8.42 Å². The van der Waals surface area contributed by atoms with E-state index in [1.807, 2.05) is 6.07 Å². The third kappa shape index (κ3) is 3.66. The van der Waals surface area contributed by atoms with E-state index >= 15 is 0 Å². The van der Waals surface area contributed by atoms with Crippen LogP contribution in [0.15, 0.2) is 65.6 Å². The molecule has 126 valence electrons. The molecule has 1 fully saturated rings. The van der Waals surface area contributed by atoms with Gasteiger partial charge in [0.15, 0.2) is 0 Å². The molecule has 1 aliphatic heterocycles. The molecule has 1 atom stereocenters. The van der Waals surface area contributed by atoms with E-state index in [1.165, 1.54) is 12.1 Å². The molecule has 3 rings (SSSR count). The number of amides is 1. The zero-order chi connectivity index (χ0) is 17.0. The van der Waals surface area contributed by atoms with Crippen molar-refractivity contribution in [1.82, 2.24) is 9.62 Å². The van der Waals surface area contributed by atoms with Crippen molar-refractivity contribution in [3.63, 3.8) is 0 Å². The van der Waals surface area contributed by atoms with Crippen LogP contribution in [0.25, 0.3) is 0 Å². The lowest BCUT2D eigenvalue weighted by Gasteiger charge is -2.24. The Labute approximate surface area is 142 Å². The molecule has 6 heteroatoms. The van der Waals surface area contributed by atoms with Crippen molar-refractivity contribution in [2.75, 3.05) is 13.1 Å². The van der Waals surface area contributed by atoms with Gasteiger partial charge in [0, 0.05) is 13.1 Å². The van der Waals surface area contributed by atoms with Crippen LogP contribution in [-0.2, 0) is 14.8 Å². The molecule has 0 bridgehead atoms. The van der Waals surface area contributed by atoms with Crippen molar-refractivity contribution < 1.29 is 13.2 Å². The number of hydrogen-bond donors (Lipinski definition) is 1. The van der Waals surface area contributed by atoms with Crippen LogP contribution in [0.5, 0.6) is 0 Å². The van der Waals surface area contributed by atoms with Gasteiger partial charge in [0.2, 0.25) is 15.9 Å². The number of carbonyl (C=O) groups is 1. The Morgan fingerprint density at radius 1 is 0.917 bits per heavy atom. The Kier molecular flexibility index (Phi) is 4.97. The number of hydrogen-bond acceptors (Lipinski definition) is 3. The van der Waals surface area contributed by atoms with E-state index in [1.54, 1.807) is 47.4 Å². The summed E-state index contributed by atoms with van der Waals surface area (Å²) in [7, 11) is -3.78. The second kappa shape index (κ2) is 7.15. The fourth-order valence-electron chi connectivity index (χ4n) is 2.85. The molecular formula is C18H20N2O3S. The van der Waals surface area contributed by atoms with Gasteiger partial charge >= 0.3 is 0 Å². The lowest BCUT2D eigenvalue weighted by molar-refractivity contribution is -0.132. The predicted molar refractivity (Wildman–Crippen MR) is 91.8 cm³/mol. The van der Waals surface area contributed by atoms with Gasteiger partial charge in [0.1, 0.15) is 6.04 Å². The average Bonchev–Trinajstić information content (AvgIpc) is 3.15. The Hall–Kier alpha value is -2.18. The van der Waals surface area contributed by atoms with Crippen LogP contribution >= 0.6 is 0 Å². The van der Waals surface area contributed by atoms with Crippen molar-refractivity contribution in [2.45, 2.75) is 23.8 Å². The molecule has 1 amide bonds. The van der Waals surface area contributed by atoms with Crippen LogP contribution in [0.1, 0.15) is 24.4 Å². The second-order valence-corrected chi connectivity index (χ2v) is 7.52. The van der Waals surface area contributed by atoms with Crippen molar-refractivity contribution in [1.29, 1.82) is 0 Å². The monoisotopic (exact) mass is 344 g/mol. The molecular weight excluding hydrogens is 324 g/mol. The van der Waals surface area contributed by atoms with Gasteiger partial charge in [-0.3, -0.25) is 4.79 Å². The lowest BCUT2D eigenvalue weighted by atomic mass is 10.1. The quantitative estimate of drug-likeness (QED) is 0.905. The zero-order valence-corrected chi connectivity index (χ0v) is 14.1. The molecule has 0 radical (unpaired) electrons. The summed E-state index contributed by atoms with van der Waals surface area (Å²) in [6.07, 6.45) is 1.91. The van der Waals surface area contributed by atoms with Crippen LogP contribution in [0, 0.1) is 0 Å². The summed E-state index contributed by atoms with van der Waals surface area (Å²) in [5.41, 5.74) is 0.647. The molecule has 0 spiro atoms. The van der Waals surface area contributed by atoms with Gasteiger partial charge in [-0.2, -0.15) is 4.72 Å². The summed E-state index contributed by atoms with van der Waals surface area (Å²) < 4.78 is 27.9. The van der Waals surface area contributed by atoms with E-state index in [9.17, 15) is 13.2 Å². The minimum absolute atomic E-state index is 0.153. The summed E-state index contributed by atoms with van der Waals surface area (Å²) in [6, 6.07) is 16.2. The van der Waals surface area contributed by atoms with E-state index in [4.69, 9.17) is 0 Å². The molecule has 24 heavy (non-hydrogen) atoms. The van der Waals surface area contributed by atoms with Crippen LogP contribution in [0.4, 0.5) is 0 Å². The molecule has 1 heterocycles. The Balaban J connectivity index is 1.92. The van der Waals surface area contributed by atoms with Crippen LogP contribution in [0.3, 0.4) is 0 Å². The normalized spacial score (nSPS) is 16.1. The molecule has 0 aliphatic carbocycles. The van der Waals surface area contributed by atoms with Crippen molar-refractivity contribution in [3.05, 3.63) is 66.2 Å². The number of likely N-dealkylation sites (tertiary alicyclic amines) is 1. The first-order valence-electron chi connectivity index (χ1n) is 7.99. The molecule has 1 aliphatic rings. The summed E-state index contributed by atoms with van der Waals surface area (Å²) >= 11 is 0. The van der Waals surface area contributed by atoms with Gasteiger partial charge in [-0.05, 0) is 30.5 Å². The first-order valence-corrected chi connectivity index (χ1v) is 9.47. The average molecular weight is 344 g/mol. The predicted octanol–water partition coefficient (Wildman–Crippen LogP) is 2.33. The second-order valence-electron chi connectivity index (χ2n) is 5.81.